The van der Waals surface area contributed by atoms with Crippen LogP contribution in [-0.2, 0) is 22.7 Å². The number of hydrogen-bond acceptors (Lipinski definition) is 6. The summed E-state index contributed by atoms with van der Waals surface area (Å²) in [6.45, 7) is 2.75. The first-order valence-corrected chi connectivity index (χ1v) is 10.3. The molecule has 0 saturated heterocycles. The molecule has 3 heterocycles. The molecule has 30 heavy (non-hydrogen) atoms. The molecule has 1 saturated carbocycles. The number of carbonyl (C=O) groups excluding carboxylic acids is 1. The Balaban J connectivity index is 1.79. The molecule has 0 radical (unpaired) electrons. The molecule has 0 unspecified atom stereocenters. The molecule has 7 nitrogen and oxygen atoms in total. The molecule has 0 amide bonds. The van der Waals surface area contributed by atoms with Gasteiger partial charge in [-0.25, -0.2) is 9.78 Å². The molecule has 7 heteroatoms. The summed E-state index contributed by atoms with van der Waals surface area (Å²) in [6, 6.07) is 8.02. The summed E-state index contributed by atoms with van der Waals surface area (Å²) in [6.07, 6.45) is 3.72. The van der Waals surface area contributed by atoms with Crippen LogP contribution in [0.4, 0.5) is 5.82 Å². The monoisotopic (exact) mass is 405 g/mol. The Morgan fingerprint density at radius 3 is 2.77 bits per heavy atom. The van der Waals surface area contributed by atoms with Gasteiger partial charge in [-0.15, -0.1) is 0 Å². The summed E-state index contributed by atoms with van der Waals surface area (Å²) in [5, 5.41) is 3.59. The number of anilines is 1. The van der Waals surface area contributed by atoms with Crippen LogP contribution >= 0.6 is 0 Å². The summed E-state index contributed by atoms with van der Waals surface area (Å²) in [5.74, 6) is 0.217. The van der Waals surface area contributed by atoms with Crippen molar-refractivity contribution in [2.24, 2.45) is 0 Å². The number of rotatable bonds is 4. The van der Waals surface area contributed by atoms with E-state index >= 15 is 0 Å². The van der Waals surface area contributed by atoms with Crippen molar-refractivity contribution in [1.82, 2.24) is 9.55 Å². The van der Waals surface area contributed by atoms with Crippen LogP contribution in [0.3, 0.4) is 0 Å². The molecule has 5 rings (SSSR count). The van der Waals surface area contributed by atoms with Crippen molar-refractivity contribution in [3.8, 4) is 11.1 Å². The molecule has 0 spiro atoms. The number of esters is 1. The smallest absolute Gasteiger partial charge is 0.343 e. The van der Waals surface area contributed by atoms with E-state index in [4.69, 9.17) is 9.47 Å². The van der Waals surface area contributed by atoms with Crippen molar-refractivity contribution in [3.63, 3.8) is 0 Å². The van der Waals surface area contributed by atoms with Crippen molar-refractivity contribution in [1.29, 1.82) is 0 Å². The van der Waals surface area contributed by atoms with Gasteiger partial charge in [0.1, 0.15) is 11.4 Å². The highest BCUT2D eigenvalue weighted by Crippen LogP contribution is 2.41. The van der Waals surface area contributed by atoms with E-state index in [0.717, 1.165) is 46.6 Å². The maximum absolute atomic E-state index is 13.2. The fourth-order valence-corrected chi connectivity index (χ4v) is 4.16. The van der Waals surface area contributed by atoms with Gasteiger partial charge in [-0.1, -0.05) is 6.07 Å². The molecule has 1 aromatic carbocycles. The molecule has 1 aliphatic carbocycles. The van der Waals surface area contributed by atoms with Gasteiger partial charge < -0.3 is 19.4 Å². The number of nitrogens with one attached hydrogen (secondary N) is 1. The zero-order valence-corrected chi connectivity index (χ0v) is 17.0. The Hall–Kier alpha value is -3.19. The van der Waals surface area contributed by atoms with Crippen molar-refractivity contribution in [3.05, 3.63) is 57.5 Å². The van der Waals surface area contributed by atoms with Crippen LogP contribution in [0.5, 0.6) is 0 Å². The third-order valence-corrected chi connectivity index (χ3v) is 5.74. The number of benzene rings is 1. The van der Waals surface area contributed by atoms with E-state index in [0.29, 0.717) is 18.6 Å². The predicted molar refractivity (Wildman–Crippen MR) is 114 cm³/mol. The van der Waals surface area contributed by atoms with E-state index < -0.39 is 5.97 Å². The molecule has 0 bridgehead atoms. The van der Waals surface area contributed by atoms with Gasteiger partial charge in [-0.05, 0) is 43.5 Å². The molecule has 2 aliphatic rings. The minimum Gasteiger partial charge on any atom is -0.462 e. The highest BCUT2D eigenvalue weighted by atomic mass is 16.5. The quantitative estimate of drug-likeness (QED) is 0.668. The van der Waals surface area contributed by atoms with Gasteiger partial charge in [0.05, 0.1) is 31.0 Å². The summed E-state index contributed by atoms with van der Waals surface area (Å²) in [4.78, 5) is 30.2. The number of nitrogens with zero attached hydrogens (tertiary/aromatic N) is 2. The lowest BCUT2D eigenvalue weighted by atomic mass is 9.95. The molecule has 1 N–H and O–H groups in total. The first kappa shape index (κ1) is 18.8. The number of fused-ring (bicyclic) bond motifs is 5. The predicted octanol–water partition coefficient (Wildman–Crippen LogP) is 3.65. The van der Waals surface area contributed by atoms with Gasteiger partial charge in [0.25, 0.3) is 0 Å². The average molecular weight is 405 g/mol. The highest BCUT2D eigenvalue weighted by molar-refractivity contribution is 5.96. The van der Waals surface area contributed by atoms with E-state index in [2.05, 4.69) is 14.9 Å². The van der Waals surface area contributed by atoms with E-state index in [1.807, 2.05) is 31.3 Å². The van der Waals surface area contributed by atoms with Gasteiger partial charge >= 0.3 is 5.97 Å². The van der Waals surface area contributed by atoms with E-state index in [1.54, 1.807) is 13.1 Å². The second kappa shape index (κ2) is 7.25. The summed E-state index contributed by atoms with van der Waals surface area (Å²) >= 11 is 0. The molecule has 154 valence electrons. The van der Waals surface area contributed by atoms with Crippen LogP contribution in [0.1, 0.15) is 47.4 Å². The third kappa shape index (κ3) is 2.97. The number of hydrogen-bond donors (Lipinski definition) is 1. The Kier molecular flexibility index (Phi) is 4.55. The molecule has 1 fully saturated rings. The lowest BCUT2D eigenvalue weighted by Crippen LogP contribution is -2.21. The van der Waals surface area contributed by atoms with Gasteiger partial charge in [-0.2, -0.15) is 0 Å². The van der Waals surface area contributed by atoms with E-state index in [1.165, 1.54) is 0 Å². The van der Waals surface area contributed by atoms with Crippen molar-refractivity contribution >= 4 is 22.7 Å². The molecule has 3 aromatic rings. The summed E-state index contributed by atoms with van der Waals surface area (Å²) in [5.41, 5.74) is 4.49. The number of carbonyl (C=O) groups is 1. The number of aromatic nitrogens is 2. The minimum absolute atomic E-state index is 0.0893. The van der Waals surface area contributed by atoms with Crippen molar-refractivity contribution < 1.29 is 14.3 Å². The van der Waals surface area contributed by atoms with Crippen LogP contribution in [0, 0.1) is 0 Å². The number of ether oxygens (including phenoxy) is 2. The van der Waals surface area contributed by atoms with E-state index in [-0.39, 0.29) is 23.6 Å². The fourth-order valence-electron chi connectivity index (χ4n) is 4.16. The second-order valence-corrected chi connectivity index (χ2v) is 7.65. The Labute approximate surface area is 173 Å². The Morgan fingerprint density at radius 2 is 2.03 bits per heavy atom. The normalized spacial score (nSPS) is 15.3. The third-order valence-electron chi connectivity index (χ3n) is 5.74. The van der Waals surface area contributed by atoms with E-state index in [9.17, 15) is 9.59 Å². The Bertz CT molecular complexity index is 1230. The lowest BCUT2D eigenvalue weighted by Gasteiger charge is -2.18. The average Bonchev–Trinajstić information content (AvgIpc) is 3.60. The fraction of sp³-hybridized carbons (Fsp3) is 0.348. The first-order chi connectivity index (χ1) is 14.6. The van der Waals surface area contributed by atoms with Crippen LogP contribution in [-0.4, -0.2) is 29.2 Å². The number of pyridine rings is 2. The van der Waals surface area contributed by atoms with Crippen LogP contribution in [0.25, 0.3) is 22.0 Å². The standard InChI is InChI=1S/C23H23N3O4/c1-3-30-23(28)17-10-26(13-4-5-13)21-16(22(17)27)7-6-14-15-8-9-20(24-2)25-19(15)12-29-11-18(14)21/h6-10,13H,3-5,11-12H2,1-2H3,(H,24,25). The molecule has 2 aromatic heterocycles. The van der Waals surface area contributed by atoms with Crippen molar-refractivity contribution in [2.45, 2.75) is 39.0 Å². The lowest BCUT2D eigenvalue weighted by molar-refractivity contribution is 0.0524. The van der Waals surface area contributed by atoms with Gasteiger partial charge in [0.2, 0.25) is 5.43 Å². The van der Waals surface area contributed by atoms with Crippen molar-refractivity contribution in [2.75, 3.05) is 19.0 Å². The van der Waals surface area contributed by atoms with Gasteiger partial charge in [0.15, 0.2) is 0 Å². The molecular weight excluding hydrogens is 382 g/mol. The Morgan fingerprint density at radius 1 is 1.23 bits per heavy atom. The minimum atomic E-state index is -0.570. The maximum atomic E-state index is 13.2. The molecular formula is C23H23N3O4. The van der Waals surface area contributed by atoms with Gasteiger partial charge in [0, 0.05) is 35.8 Å². The molecule has 0 atom stereocenters. The zero-order valence-electron chi connectivity index (χ0n) is 17.0. The summed E-state index contributed by atoms with van der Waals surface area (Å²) < 4.78 is 13.2. The molecule has 1 aliphatic heterocycles. The summed E-state index contributed by atoms with van der Waals surface area (Å²) in [7, 11) is 1.84. The van der Waals surface area contributed by atoms with Crippen LogP contribution in [0.15, 0.2) is 35.3 Å². The topological polar surface area (TPSA) is 82.5 Å². The largest absolute Gasteiger partial charge is 0.462 e. The first-order valence-electron chi connectivity index (χ1n) is 10.3. The van der Waals surface area contributed by atoms with Crippen LogP contribution in [0.2, 0.25) is 0 Å². The SMILES string of the molecule is CCOC(=O)c1cn(C2CC2)c2c3c(ccc2c1=O)-c1ccc(NC)nc1COC3. The van der Waals surface area contributed by atoms with Crippen LogP contribution < -0.4 is 10.7 Å². The highest BCUT2D eigenvalue weighted by Gasteiger charge is 2.30. The second-order valence-electron chi connectivity index (χ2n) is 7.65. The zero-order chi connectivity index (χ0) is 20.8. The maximum Gasteiger partial charge on any atom is 0.343 e. The van der Waals surface area contributed by atoms with Gasteiger partial charge in [-0.3, -0.25) is 4.79 Å².